The van der Waals surface area contributed by atoms with Gasteiger partial charge in [-0.25, -0.2) is 4.39 Å². The average molecular weight is 352 g/mol. The second-order valence-electron chi connectivity index (χ2n) is 4.38. The highest BCUT2D eigenvalue weighted by Gasteiger charge is 2.09. The molecule has 2 rings (SSSR count). The number of carbonyl (C=O) groups is 1. The van der Waals surface area contributed by atoms with Crippen LogP contribution < -0.4 is 10.1 Å². The normalized spacial score (nSPS) is 9.70. The van der Waals surface area contributed by atoms with E-state index in [1.54, 1.807) is 18.2 Å². The number of para-hydroxylation sites is 1. The molecule has 0 atom stereocenters. The molecular weight excluding hydrogens is 340 g/mol. The molecule has 3 nitrogen and oxygen atoms in total. The van der Waals surface area contributed by atoms with Crippen LogP contribution in [-0.2, 0) is 0 Å². The monoisotopic (exact) mass is 351 g/mol. The molecule has 0 aromatic heterocycles. The van der Waals surface area contributed by atoms with Gasteiger partial charge in [-0.1, -0.05) is 47.2 Å². The predicted octanol–water partition coefficient (Wildman–Crippen LogP) is 3.94. The number of ether oxygens (including phenoxy) is 1. The molecule has 0 aliphatic heterocycles. The van der Waals surface area contributed by atoms with Gasteiger partial charge < -0.3 is 10.1 Å². The van der Waals surface area contributed by atoms with Gasteiger partial charge in [0.05, 0.1) is 17.1 Å². The Morgan fingerprint density at radius 1 is 1.17 bits per heavy atom. The lowest BCUT2D eigenvalue weighted by Crippen LogP contribution is -2.23. The molecule has 0 aliphatic rings. The first kappa shape index (κ1) is 17.1. The summed E-state index contributed by atoms with van der Waals surface area (Å²) in [5.41, 5.74) is 0.320. The zero-order valence-electron chi connectivity index (χ0n) is 11.9. The molecule has 0 radical (unpaired) electrons. The van der Waals surface area contributed by atoms with Gasteiger partial charge in [-0.3, -0.25) is 4.79 Å². The van der Waals surface area contributed by atoms with E-state index in [0.717, 1.165) is 0 Å². The fourth-order valence-corrected chi connectivity index (χ4v) is 2.18. The van der Waals surface area contributed by atoms with E-state index < -0.39 is 5.82 Å². The van der Waals surface area contributed by atoms with Crippen molar-refractivity contribution in [3.05, 3.63) is 63.9 Å². The van der Waals surface area contributed by atoms with E-state index in [9.17, 15) is 9.18 Å². The van der Waals surface area contributed by atoms with Gasteiger partial charge in [-0.2, -0.15) is 0 Å². The molecule has 0 bridgehead atoms. The summed E-state index contributed by atoms with van der Waals surface area (Å²) in [4.78, 5) is 11.9. The number of halogens is 3. The Hall–Kier alpha value is -2.22. The van der Waals surface area contributed by atoms with Gasteiger partial charge in [0.1, 0.15) is 6.61 Å². The van der Waals surface area contributed by atoms with Gasteiger partial charge in [0.15, 0.2) is 11.6 Å². The summed E-state index contributed by atoms with van der Waals surface area (Å²) < 4.78 is 18.4. The Bertz CT molecular complexity index is 769. The molecule has 1 N–H and O–H groups in total. The van der Waals surface area contributed by atoms with E-state index >= 15 is 0 Å². The Morgan fingerprint density at radius 3 is 2.70 bits per heavy atom. The van der Waals surface area contributed by atoms with Gasteiger partial charge in [-0.05, 0) is 30.3 Å². The van der Waals surface area contributed by atoms with Crippen LogP contribution in [0.5, 0.6) is 5.75 Å². The Morgan fingerprint density at radius 2 is 1.96 bits per heavy atom. The second-order valence-corrected chi connectivity index (χ2v) is 5.22. The lowest BCUT2D eigenvalue weighted by molar-refractivity contribution is 0.0959. The Labute approximate surface area is 143 Å². The number of nitrogens with one attached hydrogen (secondary N) is 1. The van der Waals surface area contributed by atoms with Crippen molar-refractivity contribution in [3.8, 4) is 17.6 Å². The van der Waals surface area contributed by atoms with Crippen molar-refractivity contribution in [3.63, 3.8) is 0 Å². The zero-order chi connectivity index (χ0) is 16.7. The smallest absolute Gasteiger partial charge is 0.253 e. The first-order valence-electron chi connectivity index (χ1n) is 6.64. The maximum absolute atomic E-state index is 13.3. The minimum absolute atomic E-state index is 0.0263. The van der Waals surface area contributed by atoms with E-state index in [0.29, 0.717) is 10.6 Å². The standard InChI is InChI=1S/C17H12Cl2FNO2/c18-12-7-8-13(14(19)11-12)17(22)21-9-3-4-10-23-16-6-2-1-5-15(16)20/h1-2,5-8,11H,9-10H2,(H,21,22). The molecule has 23 heavy (non-hydrogen) atoms. The largest absolute Gasteiger partial charge is 0.478 e. The van der Waals surface area contributed by atoms with Crippen molar-refractivity contribution in [1.82, 2.24) is 5.32 Å². The first-order valence-corrected chi connectivity index (χ1v) is 7.40. The molecule has 118 valence electrons. The highest BCUT2D eigenvalue weighted by atomic mass is 35.5. The van der Waals surface area contributed by atoms with E-state index in [2.05, 4.69) is 17.2 Å². The fraction of sp³-hybridized carbons (Fsp3) is 0.118. The number of hydrogen-bond acceptors (Lipinski definition) is 2. The second kappa shape index (κ2) is 8.42. The first-order chi connectivity index (χ1) is 11.1. The van der Waals surface area contributed by atoms with Crippen molar-refractivity contribution in [1.29, 1.82) is 0 Å². The van der Waals surface area contributed by atoms with Gasteiger partial charge >= 0.3 is 0 Å². The molecule has 0 heterocycles. The van der Waals surface area contributed by atoms with Crippen molar-refractivity contribution in [2.45, 2.75) is 0 Å². The molecule has 0 fully saturated rings. The summed E-state index contributed by atoms with van der Waals surface area (Å²) in [6.07, 6.45) is 0. The lowest BCUT2D eigenvalue weighted by atomic mass is 10.2. The zero-order valence-corrected chi connectivity index (χ0v) is 13.4. The molecule has 0 unspecified atom stereocenters. The molecule has 0 spiro atoms. The van der Waals surface area contributed by atoms with Crippen LogP contribution in [-0.4, -0.2) is 19.1 Å². The van der Waals surface area contributed by atoms with Crippen LogP contribution in [0.1, 0.15) is 10.4 Å². The van der Waals surface area contributed by atoms with E-state index in [1.807, 2.05) is 0 Å². The molecule has 0 saturated carbocycles. The van der Waals surface area contributed by atoms with E-state index in [-0.39, 0.29) is 29.8 Å². The maximum atomic E-state index is 13.3. The van der Waals surface area contributed by atoms with E-state index in [4.69, 9.17) is 27.9 Å². The topological polar surface area (TPSA) is 38.3 Å². The summed E-state index contributed by atoms with van der Waals surface area (Å²) >= 11 is 11.7. The number of carbonyl (C=O) groups excluding carboxylic acids is 1. The minimum Gasteiger partial charge on any atom is -0.478 e. The molecular formula is C17H12Cl2FNO2. The summed E-state index contributed by atoms with van der Waals surface area (Å²) in [5.74, 6) is 4.73. The maximum Gasteiger partial charge on any atom is 0.253 e. The van der Waals surface area contributed by atoms with Crippen LogP contribution in [0.3, 0.4) is 0 Å². The lowest BCUT2D eigenvalue weighted by Gasteiger charge is -2.04. The number of rotatable bonds is 4. The third-order valence-electron chi connectivity index (χ3n) is 2.77. The van der Waals surface area contributed by atoms with Gasteiger partial charge in [0, 0.05) is 5.02 Å². The van der Waals surface area contributed by atoms with E-state index in [1.165, 1.54) is 24.3 Å². The Kier molecular flexibility index (Phi) is 6.28. The summed E-state index contributed by atoms with van der Waals surface area (Å²) in [6.45, 7) is 0.150. The summed E-state index contributed by atoms with van der Waals surface area (Å²) in [5, 5.41) is 3.32. The highest BCUT2D eigenvalue weighted by Crippen LogP contribution is 2.20. The number of hydrogen-bond donors (Lipinski definition) is 1. The van der Waals surface area contributed by atoms with Crippen LogP contribution in [0.25, 0.3) is 0 Å². The molecule has 6 heteroatoms. The van der Waals surface area contributed by atoms with Crippen LogP contribution in [0.4, 0.5) is 4.39 Å². The minimum atomic E-state index is -0.444. The SMILES string of the molecule is O=C(NCC#CCOc1ccccc1F)c1ccc(Cl)cc1Cl. The molecule has 2 aromatic carbocycles. The van der Waals surface area contributed by atoms with Gasteiger partial charge in [-0.15, -0.1) is 0 Å². The van der Waals surface area contributed by atoms with Gasteiger partial charge in [0.25, 0.3) is 5.91 Å². The van der Waals surface area contributed by atoms with Crippen LogP contribution in [0.15, 0.2) is 42.5 Å². The Balaban J connectivity index is 1.79. The quantitative estimate of drug-likeness (QED) is 0.847. The van der Waals surface area contributed by atoms with Crippen molar-refractivity contribution >= 4 is 29.1 Å². The molecule has 0 saturated heterocycles. The summed E-state index contributed by atoms with van der Waals surface area (Å²) in [6, 6.07) is 10.7. The molecule has 1 amide bonds. The molecule has 0 aliphatic carbocycles. The van der Waals surface area contributed by atoms with Crippen LogP contribution >= 0.6 is 23.2 Å². The van der Waals surface area contributed by atoms with Crippen LogP contribution in [0.2, 0.25) is 10.0 Å². The number of amides is 1. The third kappa shape index (κ3) is 5.17. The average Bonchev–Trinajstić information content (AvgIpc) is 2.52. The third-order valence-corrected chi connectivity index (χ3v) is 3.32. The van der Waals surface area contributed by atoms with Crippen molar-refractivity contribution in [2.75, 3.05) is 13.2 Å². The predicted molar refractivity (Wildman–Crippen MR) is 88.5 cm³/mol. The molecule has 2 aromatic rings. The van der Waals surface area contributed by atoms with Gasteiger partial charge in [0.2, 0.25) is 0 Å². The van der Waals surface area contributed by atoms with Crippen LogP contribution in [0, 0.1) is 17.7 Å². The number of benzene rings is 2. The van der Waals surface area contributed by atoms with Crippen molar-refractivity contribution < 1.29 is 13.9 Å². The highest BCUT2D eigenvalue weighted by molar-refractivity contribution is 6.36. The fourth-order valence-electron chi connectivity index (χ4n) is 1.68. The van der Waals surface area contributed by atoms with Crippen molar-refractivity contribution in [2.24, 2.45) is 0 Å². The summed E-state index contributed by atoms with van der Waals surface area (Å²) in [7, 11) is 0.